The summed E-state index contributed by atoms with van der Waals surface area (Å²) >= 11 is 0. The zero-order chi connectivity index (χ0) is 24.9. The summed E-state index contributed by atoms with van der Waals surface area (Å²) in [7, 11) is 0. The summed E-state index contributed by atoms with van der Waals surface area (Å²) in [6.07, 6.45) is 0.862. The van der Waals surface area contributed by atoms with E-state index in [1.165, 1.54) is 6.08 Å². The molecule has 0 fully saturated rings. The van der Waals surface area contributed by atoms with Crippen LogP contribution in [0.25, 0.3) is 11.1 Å². The van der Waals surface area contributed by atoms with E-state index in [1.54, 1.807) is 0 Å². The van der Waals surface area contributed by atoms with Crippen molar-refractivity contribution in [1.29, 1.82) is 0 Å². The third kappa shape index (κ3) is 5.84. The molecule has 7 heteroatoms. The molecule has 0 spiro atoms. The number of carboxylic acids is 1. The van der Waals surface area contributed by atoms with Gasteiger partial charge in [0, 0.05) is 18.4 Å². The summed E-state index contributed by atoms with van der Waals surface area (Å²) in [4.78, 5) is 36.6. The van der Waals surface area contributed by atoms with Crippen LogP contribution in [0.3, 0.4) is 0 Å². The van der Waals surface area contributed by atoms with E-state index in [9.17, 15) is 19.5 Å². The van der Waals surface area contributed by atoms with Crippen molar-refractivity contribution >= 4 is 18.0 Å². The van der Waals surface area contributed by atoms with Gasteiger partial charge in [-0.2, -0.15) is 0 Å². The van der Waals surface area contributed by atoms with Crippen molar-refractivity contribution in [1.82, 2.24) is 10.6 Å². The zero-order valence-corrected chi connectivity index (χ0v) is 19.8. The summed E-state index contributed by atoms with van der Waals surface area (Å²) in [6, 6.07) is 14.6. The number of amides is 2. The van der Waals surface area contributed by atoms with Gasteiger partial charge in [0.2, 0.25) is 5.91 Å². The molecule has 1 aliphatic carbocycles. The molecule has 0 saturated carbocycles. The van der Waals surface area contributed by atoms with Crippen molar-refractivity contribution in [3.05, 3.63) is 72.3 Å². The maximum Gasteiger partial charge on any atom is 0.407 e. The summed E-state index contributed by atoms with van der Waals surface area (Å²) in [5.74, 6) is -1.66. The van der Waals surface area contributed by atoms with Gasteiger partial charge in [0.15, 0.2) is 0 Å². The normalized spacial score (nSPS) is 14.3. The lowest BCUT2D eigenvalue weighted by Crippen LogP contribution is -2.49. The van der Waals surface area contributed by atoms with Crippen LogP contribution < -0.4 is 10.6 Å². The first-order chi connectivity index (χ1) is 16.1. The first-order valence-electron chi connectivity index (χ1n) is 11.4. The van der Waals surface area contributed by atoms with Crippen molar-refractivity contribution in [2.75, 3.05) is 6.61 Å². The summed E-state index contributed by atoms with van der Waals surface area (Å²) in [5.41, 5.74) is 4.06. The minimum absolute atomic E-state index is 0.0650. The molecular weight excluding hydrogens is 432 g/mol. The van der Waals surface area contributed by atoms with Gasteiger partial charge in [-0.1, -0.05) is 75.4 Å². The standard InChI is InChI=1S/C27H32N2O5/c1-5-10-22(25(31)32)28-24(30)15-23(27(2,3)4)29-26(33)34-16-21-19-13-8-6-11-17(19)18-12-7-9-14-20(18)21/h5-9,11-14,21-23H,1,10,15-16H2,2-4H3,(H,28,30)(H,29,33)(H,31,32). The summed E-state index contributed by atoms with van der Waals surface area (Å²) in [5, 5.41) is 14.5. The summed E-state index contributed by atoms with van der Waals surface area (Å²) < 4.78 is 5.62. The highest BCUT2D eigenvalue weighted by atomic mass is 16.5. The number of alkyl carbamates (subject to hydrolysis) is 1. The molecule has 0 bridgehead atoms. The van der Waals surface area contributed by atoms with E-state index in [-0.39, 0.29) is 25.4 Å². The fraction of sp³-hybridized carbons (Fsp3) is 0.370. The third-order valence-corrected chi connectivity index (χ3v) is 6.11. The van der Waals surface area contributed by atoms with E-state index in [4.69, 9.17) is 4.74 Å². The van der Waals surface area contributed by atoms with Gasteiger partial charge in [0.05, 0.1) is 0 Å². The highest BCUT2D eigenvalue weighted by Crippen LogP contribution is 2.44. The molecular formula is C27H32N2O5. The van der Waals surface area contributed by atoms with Crippen LogP contribution >= 0.6 is 0 Å². The largest absolute Gasteiger partial charge is 0.480 e. The lowest BCUT2D eigenvalue weighted by molar-refractivity contribution is -0.141. The van der Waals surface area contributed by atoms with E-state index >= 15 is 0 Å². The Labute approximate surface area is 200 Å². The Bertz CT molecular complexity index is 1030. The molecule has 0 saturated heterocycles. The number of carbonyl (C=O) groups is 3. The lowest BCUT2D eigenvalue weighted by atomic mass is 9.84. The average Bonchev–Trinajstić information content (AvgIpc) is 3.10. The molecule has 2 aromatic rings. The number of hydrogen-bond acceptors (Lipinski definition) is 4. The van der Waals surface area contributed by atoms with Crippen LogP contribution in [0.1, 0.15) is 50.7 Å². The molecule has 3 rings (SSSR count). The maximum atomic E-state index is 12.7. The first kappa shape index (κ1) is 25.0. The van der Waals surface area contributed by atoms with Crippen LogP contribution in [0.5, 0.6) is 0 Å². The molecule has 7 nitrogen and oxygen atoms in total. The number of ether oxygens (including phenoxy) is 1. The number of nitrogens with one attached hydrogen (secondary N) is 2. The molecule has 0 aliphatic heterocycles. The molecule has 0 radical (unpaired) electrons. The van der Waals surface area contributed by atoms with Crippen molar-refractivity contribution in [3.63, 3.8) is 0 Å². The minimum Gasteiger partial charge on any atom is -0.480 e. The Kier molecular flexibility index (Phi) is 7.76. The number of fused-ring (bicyclic) bond motifs is 3. The van der Waals surface area contributed by atoms with Crippen LogP contribution in [0, 0.1) is 5.41 Å². The molecule has 2 amide bonds. The van der Waals surface area contributed by atoms with Gasteiger partial charge in [-0.15, -0.1) is 6.58 Å². The van der Waals surface area contributed by atoms with Crippen molar-refractivity contribution in [2.45, 2.75) is 51.6 Å². The van der Waals surface area contributed by atoms with E-state index in [0.717, 1.165) is 22.3 Å². The van der Waals surface area contributed by atoms with Gasteiger partial charge in [0.1, 0.15) is 12.6 Å². The minimum atomic E-state index is -1.13. The van der Waals surface area contributed by atoms with Crippen LogP contribution in [-0.4, -0.2) is 41.8 Å². The predicted molar refractivity (Wildman–Crippen MR) is 130 cm³/mol. The van der Waals surface area contributed by atoms with Crippen molar-refractivity contribution < 1.29 is 24.2 Å². The maximum absolute atomic E-state index is 12.7. The molecule has 34 heavy (non-hydrogen) atoms. The van der Waals surface area contributed by atoms with Crippen molar-refractivity contribution in [3.8, 4) is 11.1 Å². The number of benzene rings is 2. The molecule has 2 unspecified atom stereocenters. The topological polar surface area (TPSA) is 105 Å². The zero-order valence-electron chi connectivity index (χ0n) is 19.8. The van der Waals surface area contributed by atoms with E-state index in [1.807, 2.05) is 57.2 Å². The van der Waals surface area contributed by atoms with E-state index in [2.05, 4.69) is 29.3 Å². The quantitative estimate of drug-likeness (QED) is 0.475. The van der Waals surface area contributed by atoms with Gasteiger partial charge in [-0.3, -0.25) is 4.79 Å². The fourth-order valence-electron chi connectivity index (χ4n) is 4.18. The van der Waals surface area contributed by atoms with Crippen LogP contribution in [0.2, 0.25) is 0 Å². The average molecular weight is 465 g/mol. The molecule has 0 aromatic heterocycles. The number of carbonyl (C=O) groups excluding carboxylic acids is 2. The second-order valence-electron chi connectivity index (χ2n) is 9.58. The van der Waals surface area contributed by atoms with Crippen LogP contribution in [0.4, 0.5) is 4.79 Å². The molecule has 2 atom stereocenters. The second-order valence-corrected chi connectivity index (χ2v) is 9.58. The van der Waals surface area contributed by atoms with Gasteiger partial charge < -0.3 is 20.5 Å². The van der Waals surface area contributed by atoms with Gasteiger partial charge in [-0.05, 0) is 34.1 Å². The molecule has 3 N–H and O–H groups in total. The van der Waals surface area contributed by atoms with Crippen molar-refractivity contribution in [2.24, 2.45) is 5.41 Å². The number of hydrogen-bond donors (Lipinski definition) is 3. The van der Waals surface area contributed by atoms with E-state index in [0.29, 0.717) is 0 Å². The number of carboxylic acid groups (broad SMARTS) is 1. The van der Waals surface area contributed by atoms with E-state index < -0.39 is 35.5 Å². The summed E-state index contributed by atoms with van der Waals surface area (Å²) in [6.45, 7) is 9.38. The molecule has 2 aromatic carbocycles. The van der Waals surface area contributed by atoms with Crippen LogP contribution in [-0.2, 0) is 14.3 Å². The Hall–Kier alpha value is -3.61. The van der Waals surface area contributed by atoms with Crippen LogP contribution in [0.15, 0.2) is 61.2 Å². The molecule has 0 heterocycles. The Morgan fingerprint density at radius 1 is 1.03 bits per heavy atom. The molecule has 180 valence electrons. The Morgan fingerprint density at radius 3 is 2.09 bits per heavy atom. The third-order valence-electron chi connectivity index (χ3n) is 6.11. The van der Waals surface area contributed by atoms with Gasteiger partial charge >= 0.3 is 12.1 Å². The smallest absolute Gasteiger partial charge is 0.407 e. The highest BCUT2D eigenvalue weighted by molar-refractivity contribution is 5.84. The second kappa shape index (κ2) is 10.5. The molecule has 1 aliphatic rings. The Balaban J connectivity index is 1.64. The number of rotatable bonds is 9. The number of aliphatic carboxylic acids is 1. The monoisotopic (exact) mass is 464 g/mol. The van der Waals surface area contributed by atoms with Gasteiger partial charge in [0.25, 0.3) is 0 Å². The SMILES string of the molecule is C=CCC(NC(=O)CC(NC(=O)OCC1c2ccccc2-c2ccccc21)C(C)(C)C)C(=O)O. The predicted octanol–water partition coefficient (Wildman–Crippen LogP) is 4.48. The highest BCUT2D eigenvalue weighted by Gasteiger charge is 2.32. The Morgan fingerprint density at radius 2 is 1.59 bits per heavy atom. The lowest BCUT2D eigenvalue weighted by Gasteiger charge is -2.31. The fourth-order valence-corrected chi connectivity index (χ4v) is 4.18. The first-order valence-corrected chi connectivity index (χ1v) is 11.4. The van der Waals surface area contributed by atoms with Gasteiger partial charge in [-0.25, -0.2) is 9.59 Å².